The minimum Gasteiger partial charge on any atom is -0.406 e. The topological polar surface area (TPSA) is 13.1 Å². The van der Waals surface area contributed by atoms with E-state index in [0.717, 1.165) is 29.8 Å². The van der Waals surface area contributed by atoms with E-state index in [2.05, 4.69) is 17.4 Å². The van der Waals surface area contributed by atoms with E-state index in [-0.39, 0.29) is 16.9 Å². The molecule has 0 spiro atoms. The van der Waals surface area contributed by atoms with Crippen LogP contribution in [-0.2, 0) is 12.3 Å². The monoisotopic (exact) mass is 426 g/mol. The predicted molar refractivity (Wildman–Crippen MR) is 101 cm³/mol. The van der Waals surface area contributed by atoms with Crippen molar-refractivity contribution in [3.05, 3.63) is 95.1 Å². The average Bonchev–Trinajstić information content (AvgIpc) is 2.67. The summed E-state index contributed by atoms with van der Waals surface area (Å²) in [6, 6.07) is 13.6. The van der Waals surface area contributed by atoms with Crippen molar-refractivity contribution in [2.45, 2.75) is 24.8 Å². The van der Waals surface area contributed by atoms with Crippen LogP contribution in [0.2, 0.25) is 0 Å². The summed E-state index contributed by atoms with van der Waals surface area (Å²) >= 11 is 4.18. The number of thiol groups is 1. The highest BCUT2D eigenvalue weighted by atomic mass is 32.1. The van der Waals surface area contributed by atoms with Gasteiger partial charge in [-0.3, -0.25) is 0 Å². The normalized spacial score (nSPS) is 12.6. The molecule has 152 valence electrons. The van der Waals surface area contributed by atoms with E-state index in [9.17, 15) is 17.6 Å². The van der Waals surface area contributed by atoms with Crippen LogP contribution >= 0.6 is 12.6 Å². The van der Waals surface area contributed by atoms with Gasteiger partial charge in [0, 0.05) is 22.4 Å². The number of alkyl halides is 4. The molecular formula is C21H17F5NOS+. The van der Waals surface area contributed by atoms with Gasteiger partial charge >= 0.3 is 6.36 Å². The Bertz CT molecular complexity index is 961. The summed E-state index contributed by atoms with van der Waals surface area (Å²) in [5.41, 5.74) is 1.13. The quantitative estimate of drug-likeness (QED) is 0.310. The smallest absolute Gasteiger partial charge is 0.406 e. The molecule has 29 heavy (non-hydrogen) atoms. The number of aromatic nitrogens is 1. The zero-order valence-corrected chi connectivity index (χ0v) is 15.9. The molecule has 1 heterocycles. The maximum absolute atomic E-state index is 15.1. The van der Waals surface area contributed by atoms with Gasteiger partial charge in [-0.2, -0.15) is 21.6 Å². The molecule has 0 fully saturated rings. The van der Waals surface area contributed by atoms with Crippen LogP contribution in [0.3, 0.4) is 0 Å². The number of halogens is 5. The average molecular weight is 426 g/mol. The number of hydrogen-bond donors (Lipinski definition) is 1. The highest BCUT2D eigenvalue weighted by molar-refractivity contribution is 7.79. The molecule has 0 aliphatic rings. The molecule has 1 atom stereocenters. The van der Waals surface area contributed by atoms with Gasteiger partial charge in [0.05, 0.1) is 0 Å². The summed E-state index contributed by atoms with van der Waals surface area (Å²) in [5.74, 6) is -1.13. The number of pyridine rings is 1. The van der Waals surface area contributed by atoms with E-state index >= 15 is 4.39 Å². The number of hydrogen-bond acceptors (Lipinski definition) is 2. The Balaban J connectivity index is 1.87. The first kappa shape index (κ1) is 21.1. The maximum Gasteiger partial charge on any atom is 0.573 e. The van der Waals surface area contributed by atoms with E-state index in [1.807, 2.05) is 30.3 Å². The van der Waals surface area contributed by atoms with Gasteiger partial charge in [0.1, 0.15) is 5.75 Å². The zero-order chi connectivity index (χ0) is 21.0. The molecule has 2 aromatic carbocycles. The van der Waals surface area contributed by atoms with Crippen molar-refractivity contribution in [2.75, 3.05) is 0 Å². The third-order valence-electron chi connectivity index (χ3n) is 4.24. The fraction of sp³-hybridized carbons (Fsp3) is 0.190. The first-order valence-electron chi connectivity index (χ1n) is 8.63. The number of ether oxygens (including phenoxy) is 1. The lowest BCUT2D eigenvalue weighted by atomic mass is 9.99. The molecule has 0 radical (unpaired) electrons. The fourth-order valence-corrected chi connectivity index (χ4v) is 3.23. The van der Waals surface area contributed by atoms with Crippen molar-refractivity contribution in [1.29, 1.82) is 0 Å². The van der Waals surface area contributed by atoms with E-state index < -0.39 is 24.1 Å². The molecule has 0 N–H and O–H groups in total. The van der Waals surface area contributed by atoms with Crippen LogP contribution in [0.4, 0.5) is 22.0 Å². The van der Waals surface area contributed by atoms with Crippen LogP contribution in [0.15, 0.2) is 67.0 Å². The van der Waals surface area contributed by atoms with Crippen molar-refractivity contribution in [3.63, 3.8) is 0 Å². The van der Waals surface area contributed by atoms with Crippen molar-refractivity contribution in [1.82, 2.24) is 0 Å². The summed E-state index contributed by atoms with van der Waals surface area (Å²) in [6.45, 7) is 0.402. The second kappa shape index (κ2) is 8.82. The fourth-order valence-electron chi connectivity index (χ4n) is 2.98. The molecule has 3 rings (SSSR count). The van der Waals surface area contributed by atoms with Gasteiger partial charge in [-0.05, 0) is 17.7 Å². The molecule has 0 saturated heterocycles. The van der Waals surface area contributed by atoms with Crippen molar-refractivity contribution >= 4 is 12.6 Å². The zero-order valence-electron chi connectivity index (χ0n) is 15.0. The van der Waals surface area contributed by atoms with Crippen LogP contribution in [0, 0.1) is 5.82 Å². The van der Waals surface area contributed by atoms with E-state index in [0.29, 0.717) is 12.1 Å². The Hall–Kier alpha value is -2.61. The van der Waals surface area contributed by atoms with Gasteiger partial charge in [-0.25, -0.2) is 4.39 Å². The van der Waals surface area contributed by atoms with Crippen molar-refractivity contribution in [3.8, 4) is 5.75 Å². The molecule has 0 amide bonds. The number of nitrogens with zero attached hydrogens (tertiary/aromatic N) is 1. The maximum atomic E-state index is 15.1. The lowest BCUT2D eigenvalue weighted by Gasteiger charge is -2.14. The highest BCUT2D eigenvalue weighted by Crippen LogP contribution is 2.32. The highest BCUT2D eigenvalue weighted by Gasteiger charge is 2.31. The number of rotatable bonds is 6. The van der Waals surface area contributed by atoms with Gasteiger partial charge in [0.15, 0.2) is 24.7 Å². The lowest BCUT2D eigenvalue weighted by Crippen LogP contribution is -2.35. The molecule has 0 bridgehead atoms. The van der Waals surface area contributed by atoms with Crippen LogP contribution in [0.25, 0.3) is 0 Å². The molecule has 2 nitrogen and oxygen atoms in total. The second-order valence-corrected chi connectivity index (χ2v) is 6.66. The Morgan fingerprint density at radius 1 is 0.966 bits per heavy atom. The molecule has 3 aromatic rings. The largest absolute Gasteiger partial charge is 0.573 e. The summed E-state index contributed by atoms with van der Waals surface area (Å²) in [4.78, 5) is 0. The molecule has 0 aliphatic carbocycles. The molecule has 1 unspecified atom stereocenters. The van der Waals surface area contributed by atoms with Crippen LogP contribution < -0.4 is 9.30 Å². The molecule has 0 aliphatic heterocycles. The van der Waals surface area contributed by atoms with Gasteiger partial charge < -0.3 is 4.74 Å². The SMILES string of the molecule is Fc1c[n+](Cc2ccccc2)cc(CS)c1C(F)c1ccc(OC(F)(F)F)cc1. The van der Waals surface area contributed by atoms with E-state index in [4.69, 9.17) is 0 Å². The minimum atomic E-state index is -4.84. The first-order valence-corrected chi connectivity index (χ1v) is 9.26. The predicted octanol–water partition coefficient (Wildman–Crippen LogP) is 5.55. The standard InChI is InChI=1S/C21H16F5NOS/c22-18-12-27(10-14-4-2-1-3-5-14)11-16(13-29)19(18)20(23)15-6-8-17(9-7-15)28-21(24,25)26/h1-9,11-12,20H,10,13H2/p+1. The third-order valence-corrected chi connectivity index (χ3v) is 4.58. The van der Waals surface area contributed by atoms with Crippen molar-refractivity contribution < 1.29 is 31.3 Å². The lowest BCUT2D eigenvalue weighted by molar-refractivity contribution is -0.690. The third kappa shape index (κ3) is 5.47. The molecule has 8 heteroatoms. The van der Waals surface area contributed by atoms with Crippen LogP contribution in [0.5, 0.6) is 5.75 Å². The molecule has 0 saturated carbocycles. The van der Waals surface area contributed by atoms with Gasteiger partial charge in [0.2, 0.25) is 6.20 Å². The minimum absolute atomic E-state index is 0.0160. The Kier molecular flexibility index (Phi) is 6.42. The van der Waals surface area contributed by atoms with E-state index in [1.54, 1.807) is 10.8 Å². The van der Waals surface area contributed by atoms with E-state index in [1.165, 1.54) is 6.20 Å². The van der Waals surface area contributed by atoms with Gasteiger partial charge in [0.25, 0.3) is 0 Å². The summed E-state index contributed by atoms with van der Waals surface area (Å²) < 4.78 is 72.0. The first-order chi connectivity index (χ1) is 13.8. The molecule has 1 aromatic heterocycles. The Labute approximate surface area is 170 Å². The Morgan fingerprint density at radius 3 is 2.21 bits per heavy atom. The van der Waals surface area contributed by atoms with Crippen molar-refractivity contribution in [2.24, 2.45) is 0 Å². The van der Waals surface area contributed by atoms with Gasteiger partial charge in [-0.15, -0.1) is 13.2 Å². The molecular weight excluding hydrogens is 409 g/mol. The number of benzene rings is 2. The van der Waals surface area contributed by atoms with Crippen LogP contribution in [-0.4, -0.2) is 6.36 Å². The summed E-state index contributed by atoms with van der Waals surface area (Å²) in [6.07, 6.45) is -3.88. The van der Waals surface area contributed by atoms with Gasteiger partial charge in [-0.1, -0.05) is 42.5 Å². The summed E-state index contributed by atoms with van der Waals surface area (Å²) in [5, 5.41) is 0. The summed E-state index contributed by atoms with van der Waals surface area (Å²) in [7, 11) is 0. The van der Waals surface area contributed by atoms with Crippen LogP contribution in [0.1, 0.15) is 28.4 Å². The second-order valence-electron chi connectivity index (χ2n) is 6.34. The Morgan fingerprint density at radius 2 is 1.62 bits per heavy atom.